The highest BCUT2D eigenvalue weighted by Gasteiger charge is 2.41. The predicted molar refractivity (Wildman–Crippen MR) is 107 cm³/mol. The van der Waals surface area contributed by atoms with E-state index in [2.05, 4.69) is 0 Å². The third-order valence-corrected chi connectivity index (χ3v) is 5.44. The predicted octanol–water partition coefficient (Wildman–Crippen LogP) is 3.39. The summed E-state index contributed by atoms with van der Waals surface area (Å²) in [5, 5.41) is 1.93. The van der Waals surface area contributed by atoms with Gasteiger partial charge in [-0.25, -0.2) is 0 Å². The second kappa shape index (κ2) is 8.97. The first-order chi connectivity index (χ1) is 13.2. The summed E-state index contributed by atoms with van der Waals surface area (Å²) in [5.74, 6) is -0.419. The molecular formula is C21H24N2O3S. The summed E-state index contributed by atoms with van der Waals surface area (Å²) < 4.78 is 5.07. The normalized spacial score (nSPS) is 14.4. The second-order valence-electron chi connectivity index (χ2n) is 6.31. The van der Waals surface area contributed by atoms with Crippen molar-refractivity contribution < 1.29 is 14.3 Å². The SMILES string of the molecule is CCN(Cc1ccccc1)C1=C(c2cccs2)C(=O)N(CCCOC)C1=O. The van der Waals surface area contributed by atoms with Crippen molar-refractivity contribution in [2.75, 3.05) is 26.8 Å². The van der Waals surface area contributed by atoms with Gasteiger partial charge in [0.1, 0.15) is 5.70 Å². The molecule has 0 saturated carbocycles. The van der Waals surface area contributed by atoms with E-state index in [1.165, 1.54) is 16.2 Å². The first-order valence-electron chi connectivity index (χ1n) is 9.09. The van der Waals surface area contributed by atoms with Gasteiger partial charge < -0.3 is 9.64 Å². The van der Waals surface area contributed by atoms with Crippen molar-refractivity contribution in [2.24, 2.45) is 0 Å². The number of hydrogen-bond donors (Lipinski definition) is 0. The van der Waals surface area contributed by atoms with Crippen molar-refractivity contribution >= 4 is 28.7 Å². The monoisotopic (exact) mass is 384 g/mol. The van der Waals surface area contributed by atoms with E-state index in [9.17, 15) is 9.59 Å². The van der Waals surface area contributed by atoms with Crippen LogP contribution in [0, 0.1) is 0 Å². The smallest absolute Gasteiger partial charge is 0.277 e. The lowest BCUT2D eigenvalue weighted by molar-refractivity contribution is -0.137. The Kier molecular flexibility index (Phi) is 6.42. The number of amides is 2. The van der Waals surface area contributed by atoms with Crippen LogP contribution in [0.3, 0.4) is 0 Å². The van der Waals surface area contributed by atoms with Gasteiger partial charge in [0.2, 0.25) is 0 Å². The summed E-state index contributed by atoms with van der Waals surface area (Å²) in [6.45, 7) is 4.12. The third kappa shape index (κ3) is 4.12. The molecule has 0 saturated heterocycles. The van der Waals surface area contributed by atoms with Crippen LogP contribution in [0.1, 0.15) is 23.8 Å². The van der Waals surface area contributed by atoms with Gasteiger partial charge in [-0.3, -0.25) is 14.5 Å². The molecule has 2 amide bonds. The molecule has 0 aliphatic carbocycles. The van der Waals surface area contributed by atoms with Crippen molar-refractivity contribution in [3.05, 3.63) is 64.0 Å². The van der Waals surface area contributed by atoms with Crippen LogP contribution < -0.4 is 0 Å². The summed E-state index contributed by atoms with van der Waals surface area (Å²) in [5.41, 5.74) is 2.13. The number of benzene rings is 1. The van der Waals surface area contributed by atoms with Crippen LogP contribution in [0.5, 0.6) is 0 Å². The van der Waals surface area contributed by atoms with Gasteiger partial charge >= 0.3 is 0 Å². The zero-order valence-electron chi connectivity index (χ0n) is 15.7. The maximum absolute atomic E-state index is 13.2. The van der Waals surface area contributed by atoms with Gasteiger partial charge in [0, 0.05) is 38.2 Å². The molecule has 5 nitrogen and oxygen atoms in total. The Morgan fingerprint density at radius 1 is 1.07 bits per heavy atom. The van der Waals surface area contributed by atoms with E-state index >= 15 is 0 Å². The van der Waals surface area contributed by atoms with Crippen LogP contribution in [0.25, 0.3) is 5.57 Å². The van der Waals surface area contributed by atoms with E-state index in [0.29, 0.717) is 43.9 Å². The Bertz CT molecular complexity index is 815. The fourth-order valence-electron chi connectivity index (χ4n) is 3.22. The molecule has 27 heavy (non-hydrogen) atoms. The Labute approximate surface area is 163 Å². The second-order valence-corrected chi connectivity index (χ2v) is 7.26. The maximum atomic E-state index is 13.2. The van der Waals surface area contributed by atoms with Crippen molar-refractivity contribution in [3.63, 3.8) is 0 Å². The molecule has 3 rings (SSSR count). The van der Waals surface area contributed by atoms with E-state index in [1.54, 1.807) is 7.11 Å². The number of likely N-dealkylation sites (N-methyl/N-ethyl adjacent to an activating group) is 1. The van der Waals surface area contributed by atoms with E-state index in [-0.39, 0.29) is 11.8 Å². The summed E-state index contributed by atoms with van der Waals surface area (Å²) in [6, 6.07) is 13.8. The molecule has 1 aromatic heterocycles. The Morgan fingerprint density at radius 2 is 1.85 bits per heavy atom. The van der Waals surface area contributed by atoms with Gasteiger partial charge in [-0.2, -0.15) is 0 Å². The summed E-state index contributed by atoms with van der Waals surface area (Å²) in [4.78, 5) is 30.5. The molecule has 2 aromatic rings. The topological polar surface area (TPSA) is 49.9 Å². The number of thiophene rings is 1. The highest BCUT2D eigenvalue weighted by Crippen LogP contribution is 2.34. The average molecular weight is 385 g/mol. The standard InChI is InChI=1S/C21H24N2O3S/c1-3-22(15-16-9-5-4-6-10-16)19-18(17-11-7-14-27-17)20(24)23(21(19)25)12-8-13-26-2/h4-7,9-11,14H,3,8,12-13,15H2,1-2H3. The first-order valence-corrected chi connectivity index (χ1v) is 9.97. The lowest BCUT2D eigenvalue weighted by Gasteiger charge is -2.24. The Morgan fingerprint density at radius 3 is 2.48 bits per heavy atom. The molecular weight excluding hydrogens is 360 g/mol. The summed E-state index contributed by atoms with van der Waals surface area (Å²) in [7, 11) is 1.62. The van der Waals surface area contributed by atoms with Crippen molar-refractivity contribution in [3.8, 4) is 0 Å². The first kappa shape index (κ1) is 19.3. The minimum atomic E-state index is -0.211. The van der Waals surface area contributed by atoms with Gasteiger partial charge in [-0.15, -0.1) is 11.3 Å². The number of imide groups is 1. The number of rotatable bonds is 9. The van der Waals surface area contributed by atoms with Gasteiger partial charge in [0.15, 0.2) is 0 Å². The van der Waals surface area contributed by atoms with Crippen molar-refractivity contribution in [1.29, 1.82) is 0 Å². The maximum Gasteiger partial charge on any atom is 0.277 e. The van der Waals surface area contributed by atoms with E-state index < -0.39 is 0 Å². The highest BCUT2D eigenvalue weighted by molar-refractivity contribution is 7.11. The van der Waals surface area contributed by atoms with Gasteiger partial charge in [-0.05, 0) is 30.4 Å². The van der Waals surface area contributed by atoms with Crippen LogP contribution in [-0.2, 0) is 20.9 Å². The molecule has 1 aliphatic heterocycles. The van der Waals surface area contributed by atoms with Crippen LogP contribution in [0.4, 0.5) is 0 Å². The number of ether oxygens (including phenoxy) is 1. The minimum Gasteiger partial charge on any atom is -0.385 e. The Hall–Kier alpha value is -2.44. The number of carbonyl (C=O) groups is 2. The molecule has 0 radical (unpaired) electrons. The summed E-state index contributed by atoms with van der Waals surface area (Å²) in [6.07, 6.45) is 0.629. The molecule has 1 aromatic carbocycles. The minimum absolute atomic E-state index is 0.208. The van der Waals surface area contributed by atoms with Crippen LogP contribution in [-0.4, -0.2) is 48.4 Å². The van der Waals surface area contributed by atoms with E-state index in [1.807, 2.05) is 59.7 Å². The molecule has 0 bridgehead atoms. The lowest BCUT2D eigenvalue weighted by atomic mass is 10.1. The zero-order valence-corrected chi connectivity index (χ0v) is 16.5. The Balaban J connectivity index is 1.95. The molecule has 2 heterocycles. The molecule has 0 spiro atoms. The molecule has 0 unspecified atom stereocenters. The van der Waals surface area contributed by atoms with Gasteiger partial charge in [0.05, 0.1) is 5.57 Å². The molecule has 0 atom stereocenters. The number of nitrogens with zero attached hydrogens (tertiary/aromatic N) is 2. The largest absolute Gasteiger partial charge is 0.385 e. The molecule has 6 heteroatoms. The molecule has 1 aliphatic rings. The number of hydrogen-bond acceptors (Lipinski definition) is 5. The van der Waals surface area contributed by atoms with Crippen LogP contribution in [0.15, 0.2) is 53.5 Å². The fraction of sp³-hybridized carbons (Fsp3) is 0.333. The van der Waals surface area contributed by atoms with E-state index in [4.69, 9.17) is 4.74 Å². The third-order valence-electron chi connectivity index (χ3n) is 4.56. The van der Waals surface area contributed by atoms with Crippen molar-refractivity contribution in [1.82, 2.24) is 9.80 Å². The quantitative estimate of drug-likeness (QED) is 0.491. The highest BCUT2D eigenvalue weighted by atomic mass is 32.1. The average Bonchev–Trinajstić information content (AvgIpc) is 3.29. The van der Waals surface area contributed by atoms with Crippen LogP contribution >= 0.6 is 11.3 Å². The van der Waals surface area contributed by atoms with Crippen molar-refractivity contribution in [2.45, 2.75) is 19.9 Å². The molecule has 0 fully saturated rings. The van der Waals surface area contributed by atoms with Gasteiger partial charge in [-0.1, -0.05) is 36.4 Å². The molecule has 0 N–H and O–H groups in total. The van der Waals surface area contributed by atoms with Gasteiger partial charge in [0.25, 0.3) is 11.8 Å². The number of carbonyl (C=O) groups excluding carboxylic acids is 2. The zero-order chi connectivity index (χ0) is 19.2. The fourth-order valence-corrected chi connectivity index (χ4v) is 3.99. The van der Waals surface area contributed by atoms with E-state index in [0.717, 1.165) is 10.4 Å². The number of methoxy groups -OCH3 is 1. The summed E-state index contributed by atoms with van der Waals surface area (Å²) >= 11 is 1.49. The molecule has 142 valence electrons. The van der Waals surface area contributed by atoms with Crippen LogP contribution in [0.2, 0.25) is 0 Å². The lowest BCUT2D eigenvalue weighted by Crippen LogP contribution is -2.36.